The zero-order valence-electron chi connectivity index (χ0n) is 16.4. The third-order valence-electron chi connectivity index (χ3n) is 3.93. The Morgan fingerprint density at radius 1 is 1.08 bits per heavy atom. The summed E-state index contributed by atoms with van der Waals surface area (Å²) in [4.78, 5) is 4.27. The lowest BCUT2D eigenvalue weighted by Crippen LogP contribution is -2.43. The zero-order chi connectivity index (χ0) is 18.9. The number of rotatable bonds is 9. The van der Waals surface area contributed by atoms with E-state index in [4.69, 9.17) is 14.2 Å². The molecule has 1 aromatic carbocycles. The number of nitrogens with zero attached hydrogens (tertiary/aromatic N) is 1. The van der Waals surface area contributed by atoms with Gasteiger partial charge in [-0.05, 0) is 32.6 Å². The van der Waals surface area contributed by atoms with Crippen molar-refractivity contribution in [2.45, 2.75) is 25.0 Å². The Balaban J connectivity index is 2.69. The van der Waals surface area contributed by atoms with Crippen LogP contribution in [0.1, 0.15) is 19.4 Å². The molecule has 0 amide bonds. The van der Waals surface area contributed by atoms with Crippen molar-refractivity contribution in [3.8, 4) is 17.2 Å². The Kier molecular flexibility index (Phi) is 8.75. The molecule has 0 heterocycles. The summed E-state index contributed by atoms with van der Waals surface area (Å²) in [5.41, 5.74) is 1.05. The first kappa shape index (κ1) is 21.3. The highest BCUT2D eigenvalue weighted by Gasteiger charge is 2.17. The van der Waals surface area contributed by atoms with Crippen LogP contribution in [-0.4, -0.2) is 58.4 Å². The molecule has 0 aliphatic rings. The van der Waals surface area contributed by atoms with Gasteiger partial charge in [0, 0.05) is 30.4 Å². The van der Waals surface area contributed by atoms with Crippen molar-refractivity contribution < 1.29 is 14.2 Å². The molecule has 0 atom stereocenters. The fraction of sp³-hybridized carbons (Fsp3) is 0.611. The van der Waals surface area contributed by atoms with E-state index in [0.29, 0.717) is 17.2 Å². The van der Waals surface area contributed by atoms with Gasteiger partial charge in [-0.15, -0.1) is 0 Å². The van der Waals surface area contributed by atoms with E-state index in [-0.39, 0.29) is 4.75 Å². The van der Waals surface area contributed by atoms with Crippen molar-refractivity contribution in [2.24, 2.45) is 4.99 Å². The molecule has 25 heavy (non-hydrogen) atoms. The van der Waals surface area contributed by atoms with Gasteiger partial charge in [0.05, 0.1) is 21.3 Å². The molecule has 0 saturated heterocycles. The Labute approximate surface area is 155 Å². The first-order valence-corrected chi connectivity index (χ1v) is 9.42. The predicted molar refractivity (Wildman–Crippen MR) is 107 cm³/mol. The van der Waals surface area contributed by atoms with Crippen LogP contribution in [0.4, 0.5) is 0 Å². The van der Waals surface area contributed by atoms with Gasteiger partial charge in [-0.2, -0.15) is 11.8 Å². The van der Waals surface area contributed by atoms with Gasteiger partial charge in [0.1, 0.15) is 0 Å². The van der Waals surface area contributed by atoms with Gasteiger partial charge in [0.15, 0.2) is 17.5 Å². The molecule has 142 valence electrons. The molecule has 0 saturated carbocycles. The number of methoxy groups -OCH3 is 3. The monoisotopic (exact) mass is 369 g/mol. The average molecular weight is 370 g/mol. The number of thioether (sulfide) groups is 1. The molecule has 7 heteroatoms. The zero-order valence-corrected chi connectivity index (χ0v) is 17.2. The molecule has 2 N–H and O–H groups in total. The van der Waals surface area contributed by atoms with Crippen molar-refractivity contribution in [3.63, 3.8) is 0 Å². The van der Waals surface area contributed by atoms with E-state index in [1.54, 1.807) is 28.4 Å². The van der Waals surface area contributed by atoms with Crippen molar-refractivity contribution in [2.75, 3.05) is 47.7 Å². The predicted octanol–water partition coefficient (Wildman–Crippen LogP) is 2.56. The van der Waals surface area contributed by atoms with Crippen LogP contribution in [0.2, 0.25) is 0 Å². The lowest BCUT2D eigenvalue weighted by Gasteiger charge is -2.23. The van der Waals surface area contributed by atoms with Crippen LogP contribution in [0.5, 0.6) is 17.2 Å². The summed E-state index contributed by atoms with van der Waals surface area (Å²) < 4.78 is 16.4. The summed E-state index contributed by atoms with van der Waals surface area (Å²) in [6.07, 6.45) is 2.89. The summed E-state index contributed by atoms with van der Waals surface area (Å²) in [5.74, 6) is 2.77. The molecule has 0 radical (unpaired) electrons. The first-order chi connectivity index (χ1) is 11.9. The lowest BCUT2D eigenvalue weighted by molar-refractivity contribution is 0.322. The second kappa shape index (κ2) is 10.3. The van der Waals surface area contributed by atoms with E-state index in [0.717, 1.165) is 31.0 Å². The second-order valence-electron chi connectivity index (χ2n) is 6.06. The van der Waals surface area contributed by atoms with Gasteiger partial charge >= 0.3 is 0 Å². The minimum Gasteiger partial charge on any atom is -0.493 e. The van der Waals surface area contributed by atoms with E-state index in [1.807, 2.05) is 23.9 Å². The number of aliphatic imine (C=N–C) groups is 1. The Morgan fingerprint density at radius 2 is 1.76 bits per heavy atom. The third-order valence-corrected chi connectivity index (χ3v) is 5.18. The van der Waals surface area contributed by atoms with Gasteiger partial charge in [-0.1, -0.05) is 6.07 Å². The van der Waals surface area contributed by atoms with Gasteiger partial charge in [0.25, 0.3) is 0 Å². The topological polar surface area (TPSA) is 64.1 Å². The third kappa shape index (κ3) is 6.23. The molecule has 1 aromatic rings. The SMILES string of the molecule is CN=C(NCCc1ccc(OC)c(OC)c1OC)NCC(C)(C)SC. The number of benzene rings is 1. The van der Waals surface area contributed by atoms with Crippen LogP contribution in [0.25, 0.3) is 0 Å². The van der Waals surface area contributed by atoms with E-state index in [1.165, 1.54) is 0 Å². The summed E-state index contributed by atoms with van der Waals surface area (Å²) in [5, 5.41) is 6.69. The van der Waals surface area contributed by atoms with Gasteiger partial charge in [-0.3, -0.25) is 4.99 Å². The minimum atomic E-state index is 0.157. The highest BCUT2D eigenvalue weighted by Crippen LogP contribution is 2.39. The molecule has 0 aliphatic carbocycles. The average Bonchev–Trinajstić information content (AvgIpc) is 2.63. The van der Waals surface area contributed by atoms with Gasteiger partial charge in [0.2, 0.25) is 5.75 Å². The quantitative estimate of drug-likeness (QED) is 0.515. The van der Waals surface area contributed by atoms with Crippen LogP contribution in [0, 0.1) is 0 Å². The van der Waals surface area contributed by atoms with Crippen LogP contribution >= 0.6 is 11.8 Å². The number of hydrogen-bond donors (Lipinski definition) is 2. The smallest absolute Gasteiger partial charge is 0.203 e. The van der Waals surface area contributed by atoms with Crippen LogP contribution in [-0.2, 0) is 6.42 Å². The molecule has 0 unspecified atom stereocenters. The molecule has 0 bridgehead atoms. The van der Waals surface area contributed by atoms with E-state index in [9.17, 15) is 0 Å². The van der Waals surface area contributed by atoms with E-state index < -0.39 is 0 Å². The summed E-state index contributed by atoms with van der Waals surface area (Å²) >= 11 is 1.83. The van der Waals surface area contributed by atoms with Gasteiger partial charge in [-0.25, -0.2) is 0 Å². The molecule has 0 fully saturated rings. The lowest BCUT2D eigenvalue weighted by atomic mass is 10.1. The Hall–Kier alpha value is -1.76. The fourth-order valence-electron chi connectivity index (χ4n) is 2.26. The Morgan fingerprint density at radius 3 is 2.28 bits per heavy atom. The number of guanidine groups is 1. The molecule has 0 aromatic heterocycles. The maximum absolute atomic E-state index is 5.52. The molecule has 0 aliphatic heterocycles. The van der Waals surface area contributed by atoms with Crippen molar-refractivity contribution in [1.29, 1.82) is 0 Å². The highest BCUT2D eigenvalue weighted by atomic mass is 32.2. The van der Waals surface area contributed by atoms with E-state index >= 15 is 0 Å². The second-order valence-corrected chi connectivity index (χ2v) is 7.57. The standard InChI is InChI=1S/C18H31N3O3S/c1-18(2,25-7)12-21-17(19-3)20-11-10-13-8-9-14(22-4)16(24-6)15(13)23-5/h8-9H,10-12H2,1-7H3,(H2,19,20,21). The maximum atomic E-state index is 5.52. The fourth-order valence-corrected chi connectivity index (χ4v) is 2.48. The molecule has 6 nitrogen and oxygen atoms in total. The van der Waals surface area contributed by atoms with Crippen molar-refractivity contribution in [1.82, 2.24) is 10.6 Å². The molecule has 0 spiro atoms. The number of ether oxygens (including phenoxy) is 3. The molecule has 1 rings (SSSR count). The van der Waals surface area contributed by atoms with Crippen LogP contribution in [0.3, 0.4) is 0 Å². The Bertz CT molecular complexity index is 577. The number of hydrogen-bond acceptors (Lipinski definition) is 5. The largest absolute Gasteiger partial charge is 0.493 e. The first-order valence-electron chi connectivity index (χ1n) is 8.20. The van der Waals surface area contributed by atoms with Crippen LogP contribution in [0.15, 0.2) is 17.1 Å². The summed E-state index contributed by atoms with van der Waals surface area (Å²) in [7, 11) is 6.64. The summed E-state index contributed by atoms with van der Waals surface area (Å²) in [6.45, 7) is 5.97. The normalized spacial score (nSPS) is 11.9. The number of nitrogens with one attached hydrogen (secondary N) is 2. The van der Waals surface area contributed by atoms with Gasteiger partial charge < -0.3 is 24.8 Å². The summed E-state index contributed by atoms with van der Waals surface area (Å²) in [6, 6.07) is 3.89. The maximum Gasteiger partial charge on any atom is 0.203 e. The highest BCUT2D eigenvalue weighted by molar-refractivity contribution is 7.99. The molecular formula is C18H31N3O3S. The van der Waals surface area contributed by atoms with Crippen molar-refractivity contribution in [3.05, 3.63) is 17.7 Å². The van der Waals surface area contributed by atoms with Crippen molar-refractivity contribution >= 4 is 17.7 Å². The molecular weight excluding hydrogens is 338 g/mol. The minimum absolute atomic E-state index is 0.157. The van der Waals surface area contributed by atoms with E-state index in [2.05, 4.69) is 35.7 Å². The van der Waals surface area contributed by atoms with Crippen LogP contribution < -0.4 is 24.8 Å².